The summed E-state index contributed by atoms with van der Waals surface area (Å²) in [5.74, 6) is -5.02. The maximum absolute atomic E-state index is 13.8. The van der Waals surface area contributed by atoms with Gasteiger partial charge in [0, 0.05) is 0 Å². The predicted molar refractivity (Wildman–Crippen MR) is 88.1 cm³/mol. The maximum atomic E-state index is 13.8. The molecule has 128 valence electrons. The lowest BCUT2D eigenvalue weighted by atomic mass is 9.88. The van der Waals surface area contributed by atoms with Gasteiger partial charge in [-0.1, -0.05) is 54.6 Å². The van der Waals surface area contributed by atoms with Crippen molar-refractivity contribution in [3.8, 4) is 0 Å². The molecule has 0 amide bonds. The summed E-state index contributed by atoms with van der Waals surface area (Å²) in [6, 6.07) is 12.9. The van der Waals surface area contributed by atoms with E-state index in [0.29, 0.717) is 10.8 Å². The van der Waals surface area contributed by atoms with Crippen LogP contribution in [0.4, 0.5) is 22.0 Å². The Morgan fingerprint density at radius 3 is 1.80 bits per heavy atom. The van der Waals surface area contributed by atoms with E-state index >= 15 is 0 Å². The van der Waals surface area contributed by atoms with Crippen LogP contribution in [0.2, 0.25) is 0 Å². The number of rotatable bonds is 2. The Morgan fingerprint density at radius 2 is 1.20 bits per heavy atom. The first-order valence-electron chi connectivity index (χ1n) is 7.58. The summed E-state index contributed by atoms with van der Waals surface area (Å²) >= 11 is 0. The van der Waals surface area contributed by atoms with E-state index in [1.807, 2.05) is 30.3 Å². The van der Waals surface area contributed by atoms with Crippen LogP contribution in [0, 0.1) is 0 Å². The molecular formula is C19H12F5N. The molecule has 1 atom stereocenters. The van der Waals surface area contributed by atoms with Gasteiger partial charge in [-0.25, -0.2) is 0 Å². The van der Waals surface area contributed by atoms with Crippen molar-refractivity contribution in [2.75, 3.05) is 0 Å². The first-order chi connectivity index (χ1) is 11.7. The highest BCUT2D eigenvalue weighted by Crippen LogP contribution is 2.46. The van der Waals surface area contributed by atoms with Crippen molar-refractivity contribution in [2.45, 2.75) is 18.1 Å². The fourth-order valence-corrected chi connectivity index (χ4v) is 3.40. The number of nitrogens with two attached hydrogens (primary N) is 1. The van der Waals surface area contributed by atoms with Gasteiger partial charge in [0.15, 0.2) is 0 Å². The van der Waals surface area contributed by atoms with Crippen LogP contribution >= 0.6 is 0 Å². The molecule has 0 bridgehead atoms. The lowest BCUT2D eigenvalue weighted by Crippen LogP contribution is -2.45. The molecule has 0 unspecified atom stereocenters. The minimum Gasteiger partial charge on any atom is -0.319 e. The van der Waals surface area contributed by atoms with Crippen molar-refractivity contribution >= 4 is 32.3 Å². The highest BCUT2D eigenvalue weighted by molar-refractivity contribution is 6.23. The van der Waals surface area contributed by atoms with Gasteiger partial charge in [0.05, 0.1) is 0 Å². The Hall–Kier alpha value is -2.47. The minimum absolute atomic E-state index is 0.215. The quantitative estimate of drug-likeness (QED) is 0.360. The molecule has 0 aromatic heterocycles. The molecule has 0 fully saturated rings. The van der Waals surface area contributed by atoms with E-state index in [2.05, 4.69) is 0 Å². The normalized spacial score (nSPS) is 14.6. The van der Waals surface area contributed by atoms with E-state index in [0.717, 1.165) is 21.5 Å². The zero-order valence-electron chi connectivity index (χ0n) is 12.7. The average molecular weight is 349 g/mol. The molecule has 6 heteroatoms. The van der Waals surface area contributed by atoms with Gasteiger partial charge in [-0.3, -0.25) is 0 Å². The molecule has 0 aliphatic carbocycles. The van der Waals surface area contributed by atoms with Crippen LogP contribution in [0.3, 0.4) is 0 Å². The number of hydrogen-bond donors (Lipinski definition) is 1. The smallest absolute Gasteiger partial charge is 0.319 e. The molecular weight excluding hydrogens is 337 g/mol. The van der Waals surface area contributed by atoms with E-state index in [1.165, 1.54) is 12.1 Å². The summed E-state index contributed by atoms with van der Waals surface area (Å²) in [6.45, 7) is 0. The number of hydrogen-bond acceptors (Lipinski definition) is 1. The Kier molecular flexibility index (Phi) is 3.22. The van der Waals surface area contributed by atoms with Gasteiger partial charge >= 0.3 is 12.1 Å². The van der Waals surface area contributed by atoms with Crippen LogP contribution in [0.5, 0.6) is 0 Å². The molecule has 4 aromatic carbocycles. The Labute approximate surface area is 139 Å². The third kappa shape index (κ3) is 2.17. The summed E-state index contributed by atoms with van der Waals surface area (Å²) in [4.78, 5) is 0. The largest absolute Gasteiger partial charge is 0.455 e. The van der Waals surface area contributed by atoms with Crippen LogP contribution in [-0.2, 0) is 0 Å². The number of benzene rings is 4. The zero-order chi connectivity index (χ0) is 18.0. The SMILES string of the molecule is N[C@@H](c1ccc2ccc3cccc4ccc1c2c34)C(F)(F)C(F)(F)F. The number of halogens is 5. The van der Waals surface area contributed by atoms with Gasteiger partial charge < -0.3 is 5.73 Å². The van der Waals surface area contributed by atoms with Crippen LogP contribution < -0.4 is 5.73 Å². The van der Waals surface area contributed by atoms with Crippen molar-refractivity contribution in [2.24, 2.45) is 5.73 Å². The van der Waals surface area contributed by atoms with Gasteiger partial charge in [0.1, 0.15) is 6.04 Å². The first-order valence-corrected chi connectivity index (χ1v) is 7.58. The summed E-state index contributed by atoms with van der Waals surface area (Å²) < 4.78 is 65.8. The fraction of sp³-hybridized carbons (Fsp3) is 0.158. The van der Waals surface area contributed by atoms with Crippen molar-refractivity contribution in [3.63, 3.8) is 0 Å². The van der Waals surface area contributed by atoms with Gasteiger partial charge in [0.2, 0.25) is 0 Å². The van der Waals surface area contributed by atoms with Gasteiger partial charge in [-0.2, -0.15) is 22.0 Å². The molecule has 0 saturated heterocycles. The van der Waals surface area contributed by atoms with Crippen molar-refractivity contribution in [1.82, 2.24) is 0 Å². The molecule has 0 aliphatic rings. The second kappa shape index (κ2) is 5.02. The Bertz CT molecular complexity index is 1070. The van der Waals surface area contributed by atoms with Crippen LogP contribution in [0.1, 0.15) is 11.6 Å². The topological polar surface area (TPSA) is 26.0 Å². The van der Waals surface area contributed by atoms with Crippen LogP contribution in [-0.4, -0.2) is 12.1 Å². The molecule has 0 spiro atoms. The van der Waals surface area contributed by atoms with Crippen molar-refractivity contribution in [3.05, 3.63) is 60.2 Å². The predicted octanol–water partition coefficient (Wildman–Crippen LogP) is 5.78. The van der Waals surface area contributed by atoms with Gasteiger partial charge in [0.25, 0.3) is 0 Å². The number of alkyl halides is 5. The van der Waals surface area contributed by atoms with E-state index in [-0.39, 0.29) is 5.56 Å². The monoisotopic (exact) mass is 349 g/mol. The third-order valence-corrected chi connectivity index (χ3v) is 4.67. The summed E-state index contributed by atoms with van der Waals surface area (Å²) in [5.41, 5.74) is 5.17. The van der Waals surface area contributed by atoms with Crippen LogP contribution in [0.15, 0.2) is 54.6 Å². The molecule has 0 heterocycles. The fourth-order valence-electron chi connectivity index (χ4n) is 3.40. The van der Waals surface area contributed by atoms with Crippen LogP contribution in [0.25, 0.3) is 32.3 Å². The molecule has 4 rings (SSSR count). The maximum Gasteiger partial charge on any atom is 0.455 e. The molecule has 4 aromatic rings. The zero-order valence-corrected chi connectivity index (χ0v) is 12.7. The second-order valence-corrected chi connectivity index (χ2v) is 6.11. The first kappa shape index (κ1) is 16.0. The highest BCUT2D eigenvalue weighted by Gasteiger charge is 2.61. The molecule has 0 aliphatic heterocycles. The van der Waals surface area contributed by atoms with Crippen molar-refractivity contribution in [1.29, 1.82) is 0 Å². The molecule has 25 heavy (non-hydrogen) atoms. The molecule has 0 saturated carbocycles. The molecule has 2 N–H and O–H groups in total. The molecule has 0 radical (unpaired) electrons. The Balaban J connectivity index is 2.06. The van der Waals surface area contributed by atoms with Gasteiger partial charge in [-0.05, 0) is 37.9 Å². The average Bonchev–Trinajstić information content (AvgIpc) is 2.58. The summed E-state index contributed by atoms with van der Waals surface area (Å²) in [7, 11) is 0. The Morgan fingerprint density at radius 1 is 0.680 bits per heavy atom. The van der Waals surface area contributed by atoms with E-state index < -0.39 is 18.1 Å². The summed E-state index contributed by atoms with van der Waals surface area (Å²) in [6.07, 6.45) is -5.71. The van der Waals surface area contributed by atoms with E-state index in [4.69, 9.17) is 5.73 Å². The van der Waals surface area contributed by atoms with E-state index in [9.17, 15) is 22.0 Å². The third-order valence-electron chi connectivity index (χ3n) is 4.67. The van der Waals surface area contributed by atoms with Crippen molar-refractivity contribution < 1.29 is 22.0 Å². The van der Waals surface area contributed by atoms with Gasteiger partial charge in [-0.15, -0.1) is 0 Å². The molecule has 1 nitrogen and oxygen atoms in total. The lowest BCUT2D eigenvalue weighted by Gasteiger charge is -2.27. The minimum atomic E-state index is -5.71. The lowest BCUT2D eigenvalue weighted by molar-refractivity contribution is -0.290. The second-order valence-electron chi connectivity index (χ2n) is 6.11. The highest BCUT2D eigenvalue weighted by atomic mass is 19.4. The standard InChI is InChI=1S/C19H12F5N/c20-18(21,19(22,23)24)17(25)14-9-7-12-5-4-10-2-1-3-11-6-8-13(14)16(12)15(10)11/h1-9,17H,25H2/t17-/m0/s1. The van der Waals surface area contributed by atoms with E-state index in [1.54, 1.807) is 12.1 Å². The summed E-state index contributed by atoms with van der Waals surface area (Å²) in [5, 5.41) is 4.36.